The summed E-state index contributed by atoms with van der Waals surface area (Å²) in [6.45, 7) is 19.6. The van der Waals surface area contributed by atoms with Crippen molar-refractivity contribution in [3.05, 3.63) is 57.0 Å². The Morgan fingerprint density at radius 2 is 1.26 bits per heavy atom. The third-order valence-electron chi connectivity index (χ3n) is 8.25. The Kier molecular flexibility index (Phi) is 13.7. The lowest BCUT2D eigenvalue weighted by Crippen LogP contribution is -2.11. The molecule has 21 nitrogen and oxygen atoms in total. The maximum absolute atomic E-state index is 11.5. The minimum absolute atomic E-state index is 0. The maximum atomic E-state index is 11.5. The first-order chi connectivity index (χ1) is 27.0. The van der Waals surface area contributed by atoms with E-state index < -0.39 is 0 Å². The number of aromatic amines is 2. The van der Waals surface area contributed by atoms with Crippen LogP contribution in [0.15, 0.2) is 33.6 Å². The average Bonchev–Trinajstić information content (AvgIpc) is 3.94. The summed E-state index contributed by atoms with van der Waals surface area (Å²) >= 11 is 0. The number of nitrogens with one attached hydrogen (secondary N) is 2. The molecule has 0 amide bonds. The van der Waals surface area contributed by atoms with E-state index in [4.69, 9.17) is 16.9 Å². The second-order valence-electron chi connectivity index (χ2n) is 13.9. The fraction of sp³-hybridized carbons (Fsp3) is 0.432. The summed E-state index contributed by atoms with van der Waals surface area (Å²) in [6.07, 6.45) is 14.1. The molecule has 7 aromatic heterocycles. The number of ether oxygens (including phenoxy) is 1. The molecule has 0 spiro atoms. The molecule has 4 N–H and O–H groups in total. The Hall–Kier alpha value is -7.11. The summed E-state index contributed by atoms with van der Waals surface area (Å²) < 4.78 is 12.2. The Labute approximate surface area is 333 Å². The van der Waals surface area contributed by atoms with E-state index in [-0.39, 0.29) is 54.3 Å². The molecule has 1 aliphatic heterocycles. The molecule has 0 aliphatic carbocycles. The number of Topliss-reactive ketones (excluding diaryl/α,β-unsaturated/α-hetero) is 1. The van der Waals surface area contributed by atoms with Crippen molar-refractivity contribution in [1.82, 2.24) is 73.6 Å². The summed E-state index contributed by atoms with van der Waals surface area (Å²) in [5.41, 5.74) is 8.70. The summed E-state index contributed by atoms with van der Waals surface area (Å²) in [5, 5.41) is 7.67. The van der Waals surface area contributed by atoms with E-state index in [9.17, 15) is 14.4 Å². The minimum Gasteiger partial charge on any atom is -0.385 e. The highest BCUT2D eigenvalue weighted by Gasteiger charge is 2.21. The molecule has 8 heterocycles. The van der Waals surface area contributed by atoms with Crippen LogP contribution in [0.5, 0.6) is 5.88 Å². The monoisotopic (exact) mass is 795 g/mol. The standard InChI is InChI=1S/C10H11N5O.C9H12N4O.C9H11N3O.C8H11N5O.CH4/c1-4-16-9-7-8(13-10(11)14-9)15(5-12-7)6(2)3;1-5(2)13-4-10-7-8(13)11-6(3)12-9(7)14;1-6(2)12-5-11-8-7(13)3-4-10-9(8)12;1-4(2)13-7-6(11-12-13)8(14)10-5(3)9-7;/h1,5-6H,2-3H3,(H2,11,13,14);4-5H,1-3H3,(H,11,12,14);4-6H,3H2,1-2H3;4H,1-3H3,(H,9,10,14);1H4. The van der Waals surface area contributed by atoms with Gasteiger partial charge in [-0.05, 0) is 69.2 Å². The molecule has 0 saturated carbocycles. The van der Waals surface area contributed by atoms with Crippen LogP contribution < -0.4 is 21.6 Å². The van der Waals surface area contributed by atoms with E-state index in [1.165, 1.54) is 0 Å². The second-order valence-corrected chi connectivity index (χ2v) is 13.9. The van der Waals surface area contributed by atoms with Crippen molar-refractivity contribution < 1.29 is 9.53 Å². The van der Waals surface area contributed by atoms with Crippen molar-refractivity contribution in [2.45, 2.75) is 107 Å². The first kappa shape index (κ1) is 43.6. The smallest absolute Gasteiger partial charge is 0.281 e. The number of fused-ring (bicyclic) bond motifs is 4. The van der Waals surface area contributed by atoms with Crippen molar-refractivity contribution >= 4 is 57.3 Å². The van der Waals surface area contributed by atoms with Gasteiger partial charge in [0.15, 0.2) is 50.8 Å². The van der Waals surface area contributed by atoms with E-state index in [0.29, 0.717) is 69.1 Å². The predicted molar refractivity (Wildman–Crippen MR) is 220 cm³/mol. The van der Waals surface area contributed by atoms with Gasteiger partial charge in [-0.1, -0.05) is 19.1 Å². The van der Waals surface area contributed by atoms with Crippen LogP contribution in [0.2, 0.25) is 0 Å². The molecule has 8 rings (SSSR count). The summed E-state index contributed by atoms with van der Waals surface area (Å²) in [4.78, 5) is 72.4. The van der Waals surface area contributed by atoms with Gasteiger partial charge in [-0.3, -0.25) is 14.4 Å². The molecule has 1 aliphatic rings. The van der Waals surface area contributed by atoms with E-state index in [0.717, 1.165) is 0 Å². The number of aryl methyl sites for hydroxylation is 2. The average molecular weight is 796 g/mol. The zero-order chi connectivity index (χ0) is 41.7. The molecule has 0 atom stereocenters. The summed E-state index contributed by atoms with van der Waals surface area (Å²) in [5.74, 6) is 2.27. The van der Waals surface area contributed by atoms with Gasteiger partial charge in [0.1, 0.15) is 17.8 Å². The Balaban J connectivity index is 0.000000171. The number of hydrogen-bond acceptors (Lipinski definition) is 15. The number of rotatable bonds is 5. The zero-order valence-corrected chi connectivity index (χ0v) is 33.4. The number of anilines is 1. The molecule has 0 bridgehead atoms. The van der Waals surface area contributed by atoms with Crippen molar-refractivity contribution in [3.8, 4) is 18.4 Å². The highest BCUT2D eigenvalue weighted by atomic mass is 16.5. The van der Waals surface area contributed by atoms with Gasteiger partial charge < -0.3 is 34.1 Å². The van der Waals surface area contributed by atoms with Gasteiger partial charge >= 0.3 is 0 Å². The highest BCUT2D eigenvalue weighted by Crippen LogP contribution is 2.26. The van der Waals surface area contributed by atoms with Crippen LogP contribution in [0.3, 0.4) is 0 Å². The van der Waals surface area contributed by atoms with Crippen molar-refractivity contribution in [3.63, 3.8) is 0 Å². The molecule has 58 heavy (non-hydrogen) atoms. The number of carbonyl (C=O) groups excluding carboxylic acids is 1. The maximum Gasteiger partial charge on any atom is 0.281 e. The molecule has 0 radical (unpaired) electrons. The number of nitrogens with zero attached hydrogens (tertiary/aromatic N) is 14. The number of H-pyrrole nitrogens is 2. The highest BCUT2D eigenvalue weighted by molar-refractivity contribution is 6.08. The second kappa shape index (κ2) is 18.2. The van der Waals surface area contributed by atoms with Crippen molar-refractivity contribution in [2.75, 3.05) is 5.73 Å². The molecule has 21 heteroatoms. The molecule has 0 fully saturated rings. The van der Waals surface area contributed by atoms with Gasteiger partial charge in [0, 0.05) is 30.8 Å². The van der Waals surface area contributed by atoms with Crippen molar-refractivity contribution in [2.24, 2.45) is 4.99 Å². The fourth-order valence-electron chi connectivity index (χ4n) is 5.49. The van der Waals surface area contributed by atoms with E-state index in [1.54, 1.807) is 43.7 Å². The molecule has 0 unspecified atom stereocenters. The minimum atomic E-state index is -0.237. The largest absolute Gasteiger partial charge is 0.385 e. The number of nitrogens with two attached hydrogens (primary N) is 1. The number of imidazole rings is 3. The van der Waals surface area contributed by atoms with Gasteiger partial charge in [-0.15, -0.1) is 5.10 Å². The quantitative estimate of drug-likeness (QED) is 0.198. The number of aliphatic imine (C=N–C) groups is 1. The predicted octanol–water partition coefficient (Wildman–Crippen LogP) is 4.76. The summed E-state index contributed by atoms with van der Waals surface area (Å²) in [6, 6.07) is 0.916. The van der Waals surface area contributed by atoms with E-state index in [2.05, 4.69) is 60.2 Å². The van der Waals surface area contributed by atoms with E-state index >= 15 is 0 Å². The lowest BCUT2D eigenvalue weighted by molar-refractivity contribution is 0.0996. The lowest BCUT2D eigenvalue weighted by Gasteiger charge is -2.10. The number of nitrogen functional groups attached to an aromatic ring is 1. The summed E-state index contributed by atoms with van der Waals surface area (Å²) in [7, 11) is 0. The zero-order valence-electron chi connectivity index (χ0n) is 33.4. The molecular weight excluding hydrogens is 747 g/mol. The van der Waals surface area contributed by atoms with Crippen LogP contribution in [0.25, 0.3) is 33.5 Å². The Morgan fingerprint density at radius 1 is 0.724 bits per heavy atom. The first-order valence-electron chi connectivity index (χ1n) is 18.0. The topological polar surface area (TPSA) is 266 Å². The Bertz CT molecular complexity index is 2640. The van der Waals surface area contributed by atoms with E-state index in [1.807, 2.05) is 75.2 Å². The number of terminal acetylenes is 1. The molecule has 0 saturated heterocycles. The normalized spacial score (nSPS) is 11.8. The van der Waals surface area contributed by atoms with Crippen LogP contribution in [0, 0.1) is 26.4 Å². The van der Waals surface area contributed by atoms with Crippen LogP contribution >= 0.6 is 0 Å². The van der Waals surface area contributed by atoms with Crippen LogP contribution in [0.1, 0.15) is 116 Å². The number of ketones is 1. The number of aromatic nitrogens is 15. The van der Waals surface area contributed by atoms with Gasteiger partial charge in [0.05, 0.1) is 25.0 Å². The van der Waals surface area contributed by atoms with Crippen LogP contribution in [0.4, 0.5) is 11.8 Å². The first-order valence-corrected chi connectivity index (χ1v) is 18.0. The number of carbonyl (C=O) groups is 1. The van der Waals surface area contributed by atoms with Gasteiger partial charge in [0.2, 0.25) is 5.95 Å². The molecular formula is C37H49N17O4. The van der Waals surface area contributed by atoms with Gasteiger partial charge in [-0.25, -0.2) is 34.6 Å². The lowest BCUT2D eigenvalue weighted by atomic mass is 10.2. The number of hydrogen-bond donors (Lipinski definition) is 3. The van der Waals surface area contributed by atoms with Gasteiger partial charge in [-0.2, -0.15) is 9.97 Å². The Morgan fingerprint density at radius 3 is 1.83 bits per heavy atom. The molecule has 306 valence electrons. The molecule has 7 aromatic rings. The third-order valence-corrected chi connectivity index (χ3v) is 8.25. The fourth-order valence-corrected chi connectivity index (χ4v) is 5.49. The third kappa shape index (κ3) is 9.29. The van der Waals surface area contributed by atoms with Crippen molar-refractivity contribution in [1.29, 1.82) is 0 Å². The SMILES string of the molecule is C.C#COc1nc(N)nc2c1ncn2C(C)C.CC(C)n1cnc2c1N=CCC2=O.Cc1nc2c(ncn2C(C)C)c(=O)[nH]1.Cc1nc2c(nnn2C(C)C)c(=O)[nH]1. The van der Waals surface area contributed by atoms with Crippen LogP contribution in [-0.2, 0) is 0 Å². The van der Waals surface area contributed by atoms with Crippen LogP contribution in [-0.4, -0.2) is 85.5 Å². The van der Waals surface area contributed by atoms with Gasteiger partial charge in [0.25, 0.3) is 17.0 Å². The molecule has 0 aromatic carbocycles.